The number of nitrogens with two attached hydrogens (primary N) is 1. The minimum absolute atomic E-state index is 0.334. The van der Waals surface area contributed by atoms with Crippen LogP contribution in [-0.4, -0.2) is 30.9 Å². The largest absolute Gasteiger partial charge is 0.369 e. The van der Waals surface area contributed by atoms with Gasteiger partial charge in [0.2, 0.25) is 5.91 Å². The highest BCUT2D eigenvalue weighted by molar-refractivity contribution is 8.00. The summed E-state index contributed by atoms with van der Waals surface area (Å²) in [6, 6.07) is 3.75. The Hall–Kier alpha value is -1.89. The van der Waals surface area contributed by atoms with E-state index in [4.69, 9.17) is 5.73 Å². The van der Waals surface area contributed by atoms with Crippen LogP contribution in [0.15, 0.2) is 29.7 Å². The van der Waals surface area contributed by atoms with E-state index < -0.39 is 0 Å². The fraction of sp³-hybridized carbons (Fsp3) is 0.333. The molecule has 0 radical (unpaired) electrons. The first kappa shape index (κ1) is 13.5. The molecule has 19 heavy (non-hydrogen) atoms. The number of thioether (sulfide) groups is 1. The second-order valence-corrected chi connectivity index (χ2v) is 5.26. The summed E-state index contributed by atoms with van der Waals surface area (Å²) < 4.78 is 1.96. The smallest absolute Gasteiger partial charge is 0.230 e. The van der Waals surface area contributed by atoms with Crippen molar-refractivity contribution in [3.63, 3.8) is 0 Å². The molecule has 2 aromatic rings. The van der Waals surface area contributed by atoms with Gasteiger partial charge in [0.15, 0.2) is 11.0 Å². The lowest BCUT2D eigenvalue weighted by Gasteiger charge is -2.09. The average Bonchev–Trinajstić information content (AvgIpc) is 2.82. The molecule has 0 aliphatic heterocycles. The third-order valence-corrected chi connectivity index (χ3v) is 3.75. The lowest BCUT2D eigenvalue weighted by atomic mass is 10.2. The predicted octanol–water partition coefficient (Wildman–Crippen LogP) is 1.33. The van der Waals surface area contributed by atoms with Gasteiger partial charge in [-0.05, 0) is 26.0 Å². The summed E-state index contributed by atoms with van der Waals surface area (Å²) in [6.07, 6.45) is 3.42. The summed E-state index contributed by atoms with van der Waals surface area (Å²) in [5, 5.41) is 8.68. The molecule has 2 N–H and O–H groups in total. The van der Waals surface area contributed by atoms with Gasteiger partial charge < -0.3 is 10.3 Å². The van der Waals surface area contributed by atoms with Crippen molar-refractivity contribution >= 4 is 17.7 Å². The number of primary amides is 1. The number of hydrogen-bond donors (Lipinski definition) is 1. The highest BCUT2D eigenvalue weighted by atomic mass is 32.2. The summed E-state index contributed by atoms with van der Waals surface area (Å²) >= 11 is 1.32. The van der Waals surface area contributed by atoms with Crippen LogP contribution in [0.3, 0.4) is 0 Å². The third kappa shape index (κ3) is 2.93. The zero-order chi connectivity index (χ0) is 13.8. The molecule has 0 fully saturated rings. The minimum atomic E-state index is -0.360. The zero-order valence-corrected chi connectivity index (χ0v) is 11.6. The van der Waals surface area contributed by atoms with Gasteiger partial charge in [0.05, 0.1) is 5.25 Å². The van der Waals surface area contributed by atoms with Gasteiger partial charge in [-0.15, -0.1) is 10.2 Å². The monoisotopic (exact) mass is 277 g/mol. The van der Waals surface area contributed by atoms with Crippen LogP contribution >= 0.6 is 11.8 Å². The number of amides is 1. The summed E-state index contributed by atoms with van der Waals surface area (Å²) in [4.78, 5) is 15.1. The van der Waals surface area contributed by atoms with Crippen LogP contribution in [0.4, 0.5) is 0 Å². The van der Waals surface area contributed by atoms with Crippen LogP contribution in [-0.2, 0) is 11.3 Å². The van der Waals surface area contributed by atoms with Crippen molar-refractivity contribution in [2.24, 2.45) is 5.73 Å². The molecule has 0 unspecified atom stereocenters. The Bertz CT molecular complexity index is 569. The van der Waals surface area contributed by atoms with Crippen molar-refractivity contribution in [3.05, 3.63) is 24.5 Å². The fourth-order valence-corrected chi connectivity index (χ4v) is 2.45. The van der Waals surface area contributed by atoms with Crippen molar-refractivity contribution < 1.29 is 4.79 Å². The van der Waals surface area contributed by atoms with Crippen LogP contribution in [0.5, 0.6) is 0 Å². The van der Waals surface area contributed by atoms with E-state index in [9.17, 15) is 4.79 Å². The topological polar surface area (TPSA) is 86.7 Å². The maximum Gasteiger partial charge on any atom is 0.230 e. The molecular weight excluding hydrogens is 262 g/mol. The first-order chi connectivity index (χ1) is 9.13. The molecule has 1 amide bonds. The number of rotatable bonds is 5. The Kier molecular flexibility index (Phi) is 4.16. The highest BCUT2D eigenvalue weighted by Crippen LogP contribution is 2.26. The maximum absolute atomic E-state index is 11.1. The number of carbonyl (C=O) groups excluding carboxylic acids is 1. The van der Waals surface area contributed by atoms with Crippen LogP contribution < -0.4 is 5.73 Å². The highest BCUT2D eigenvalue weighted by Gasteiger charge is 2.18. The molecule has 0 aliphatic rings. The molecule has 0 bridgehead atoms. The van der Waals surface area contributed by atoms with Crippen LogP contribution in [0.1, 0.15) is 13.8 Å². The van der Waals surface area contributed by atoms with E-state index in [2.05, 4.69) is 15.2 Å². The molecule has 7 heteroatoms. The molecule has 0 aromatic carbocycles. The molecule has 2 aromatic heterocycles. The van der Waals surface area contributed by atoms with Gasteiger partial charge in [0.25, 0.3) is 0 Å². The molecule has 6 nitrogen and oxygen atoms in total. The Labute approximate surface area is 115 Å². The van der Waals surface area contributed by atoms with E-state index in [-0.39, 0.29) is 11.2 Å². The predicted molar refractivity (Wildman–Crippen MR) is 73.4 cm³/mol. The summed E-state index contributed by atoms with van der Waals surface area (Å²) in [7, 11) is 0. The number of hydrogen-bond acceptors (Lipinski definition) is 5. The second-order valence-electron chi connectivity index (χ2n) is 3.95. The van der Waals surface area contributed by atoms with Crippen LogP contribution in [0.25, 0.3) is 11.4 Å². The van der Waals surface area contributed by atoms with Gasteiger partial charge in [-0.25, -0.2) is 0 Å². The van der Waals surface area contributed by atoms with E-state index in [1.165, 1.54) is 11.8 Å². The van der Waals surface area contributed by atoms with Gasteiger partial charge >= 0.3 is 0 Å². The van der Waals surface area contributed by atoms with Crippen LogP contribution in [0, 0.1) is 0 Å². The first-order valence-corrected chi connectivity index (χ1v) is 6.81. The Morgan fingerprint density at radius 3 is 2.68 bits per heavy atom. The molecule has 0 saturated heterocycles. The summed E-state index contributed by atoms with van der Waals surface area (Å²) in [6.45, 7) is 4.49. The molecule has 1 atom stereocenters. The van der Waals surface area contributed by atoms with E-state index >= 15 is 0 Å². The van der Waals surface area contributed by atoms with Crippen molar-refractivity contribution in [1.29, 1.82) is 0 Å². The Balaban J connectivity index is 2.33. The molecular formula is C12H15N5OS. The van der Waals surface area contributed by atoms with Gasteiger partial charge in [-0.1, -0.05) is 11.8 Å². The van der Waals surface area contributed by atoms with Gasteiger partial charge in [-0.2, -0.15) is 0 Å². The summed E-state index contributed by atoms with van der Waals surface area (Å²) in [5.74, 6) is 0.408. The standard InChI is InChI=1S/C12H15N5OS/c1-3-17-11(9-4-6-14-7-5-9)15-16-12(17)19-8(2)10(13)18/h4-8H,3H2,1-2H3,(H2,13,18)/t8-/m0/s1. The summed E-state index contributed by atoms with van der Waals surface area (Å²) in [5.41, 5.74) is 6.21. The van der Waals surface area contributed by atoms with Gasteiger partial charge in [-0.3, -0.25) is 9.78 Å². The van der Waals surface area contributed by atoms with E-state index in [1.54, 1.807) is 19.3 Å². The molecule has 0 aliphatic carbocycles. The lowest BCUT2D eigenvalue weighted by Crippen LogP contribution is -2.23. The first-order valence-electron chi connectivity index (χ1n) is 5.93. The number of pyridine rings is 1. The fourth-order valence-electron chi connectivity index (χ4n) is 1.59. The van der Waals surface area contributed by atoms with E-state index in [0.717, 1.165) is 17.9 Å². The van der Waals surface area contributed by atoms with E-state index in [0.29, 0.717) is 5.16 Å². The molecule has 2 rings (SSSR count). The molecule has 100 valence electrons. The average molecular weight is 277 g/mol. The van der Waals surface area contributed by atoms with Crippen LogP contribution in [0.2, 0.25) is 0 Å². The van der Waals surface area contributed by atoms with Crippen molar-refractivity contribution in [3.8, 4) is 11.4 Å². The zero-order valence-electron chi connectivity index (χ0n) is 10.8. The van der Waals surface area contributed by atoms with Crippen molar-refractivity contribution in [1.82, 2.24) is 19.7 Å². The van der Waals surface area contributed by atoms with Gasteiger partial charge in [0.1, 0.15) is 0 Å². The van der Waals surface area contributed by atoms with Gasteiger partial charge in [0, 0.05) is 24.5 Å². The number of carbonyl (C=O) groups is 1. The Morgan fingerprint density at radius 2 is 2.11 bits per heavy atom. The normalized spacial score (nSPS) is 12.3. The Morgan fingerprint density at radius 1 is 1.42 bits per heavy atom. The quantitative estimate of drug-likeness (QED) is 0.833. The molecule has 0 saturated carbocycles. The minimum Gasteiger partial charge on any atom is -0.369 e. The lowest BCUT2D eigenvalue weighted by molar-refractivity contribution is -0.117. The second kappa shape index (κ2) is 5.83. The van der Waals surface area contributed by atoms with Crippen molar-refractivity contribution in [2.75, 3.05) is 0 Å². The SMILES string of the molecule is CCn1c(S[C@@H](C)C(N)=O)nnc1-c1ccncc1. The van der Waals surface area contributed by atoms with E-state index in [1.807, 2.05) is 23.6 Å². The molecule has 0 spiro atoms. The number of nitrogens with zero attached hydrogens (tertiary/aromatic N) is 4. The number of aromatic nitrogens is 4. The third-order valence-electron chi connectivity index (χ3n) is 2.65. The molecule has 2 heterocycles. The van der Waals surface area contributed by atoms with Crippen molar-refractivity contribution in [2.45, 2.75) is 30.8 Å². The maximum atomic E-state index is 11.1.